The molecule has 0 spiro atoms. The molecule has 1 unspecified atom stereocenters. The van der Waals surface area contributed by atoms with Gasteiger partial charge in [-0.2, -0.15) is 0 Å². The molecule has 0 bridgehead atoms. The van der Waals surface area contributed by atoms with Crippen LogP contribution in [0, 0.1) is 5.92 Å². The lowest BCUT2D eigenvalue weighted by Crippen LogP contribution is -2.49. The van der Waals surface area contributed by atoms with Gasteiger partial charge in [0.1, 0.15) is 0 Å². The number of methoxy groups -OCH3 is 1. The van der Waals surface area contributed by atoms with Crippen LogP contribution in [0.1, 0.15) is 33.6 Å². The van der Waals surface area contributed by atoms with Crippen LogP contribution >= 0.6 is 0 Å². The molecule has 0 aromatic carbocycles. The SMILES string of the molecule is COCCN(CC(C)C)CC1(C)CCCN1. The fourth-order valence-corrected chi connectivity index (χ4v) is 2.56. The zero-order valence-corrected chi connectivity index (χ0v) is 11.4. The van der Waals surface area contributed by atoms with Crippen molar-refractivity contribution in [2.45, 2.75) is 39.2 Å². The Hall–Kier alpha value is -0.120. The average molecular weight is 228 g/mol. The molecule has 0 saturated carbocycles. The molecule has 1 N–H and O–H groups in total. The van der Waals surface area contributed by atoms with Crippen molar-refractivity contribution in [3.05, 3.63) is 0 Å². The van der Waals surface area contributed by atoms with Gasteiger partial charge in [0, 0.05) is 32.3 Å². The highest BCUT2D eigenvalue weighted by Crippen LogP contribution is 2.20. The van der Waals surface area contributed by atoms with Crippen LogP contribution in [0.5, 0.6) is 0 Å². The third kappa shape index (κ3) is 4.81. The molecule has 1 aliphatic rings. The van der Waals surface area contributed by atoms with E-state index in [1.165, 1.54) is 25.9 Å². The molecule has 1 atom stereocenters. The summed E-state index contributed by atoms with van der Waals surface area (Å²) in [5, 5.41) is 3.63. The standard InChI is InChI=1S/C13H28N2O/c1-12(2)10-15(8-9-16-4)11-13(3)6-5-7-14-13/h12,14H,5-11H2,1-4H3. The second-order valence-electron chi connectivity index (χ2n) is 5.71. The highest BCUT2D eigenvalue weighted by Gasteiger charge is 2.30. The summed E-state index contributed by atoms with van der Waals surface area (Å²) >= 11 is 0. The van der Waals surface area contributed by atoms with E-state index in [9.17, 15) is 0 Å². The molecule has 1 aliphatic heterocycles. The number of hydrogen-bond acceptors (Lipinski definition) is 3. The number of rotatable bonds is 7. The fraction of sp³-hybridized carbons (Fsp3) is 1.00. The molecule has 0 aromatic rings. The Morgan fingerprint density at radius 2 is 2.19 bits per heavy atom. The minimum absolute atomic E-state index is 0.322. The van der Waals surface area contributed by atoms with Crippen LogP contribution in [-0.2, 0) is 4.74 Å². The molecule has 96 valence electrons. The number of nitrogens with zero attached hydrogens (tertiary/aromatic N) is 1. The van der Waals surface area contributed by atoms with Crippen molar-refractivity contribution in [2.75, 3.05) is 39.9 Å². The summed E-state index contributed by atoms with van der Waals surface area (Å²) in [6.45, 7) is 12.3. The Kier molecular flexibility index (Phi) is 5.73. The number of hydrogen-bond donors (Lipinski definition) is 1. The predicted octanol–water partition coefficient (Wildman–Crippen LogP) is 1.73. The maximum atomic E-state index is 5.19. The normalized spacial score (nSPS) is 25.9. The van der Waals surface area contributed by atoms with Crippen molar-refractivity contribution in [3.63, 3.8) is 0 Å². The van der Waals surface area contributed by atoms with Crippen molar-refractivity contribution < 1.29 is 4.74 Å². The average Bonchev–Trinajstić information content (AvgIpc) is 2.60. The van der Waals surface area contributed by atoms with Gasteiger partial charge in [0.15, 0.2) is 0 Å². The zero-order valence-electron chi connectivity index (χ0n) is 11.4. The summed E-state index contributed by atoms with van der Waals surface area (Å²) in [4.78, 5) is 2.53. The molecule has 0 radical (unpaired) electrons. The molecule has 3 nitrogen and oxygen atoms in total. The Morgan fingerprint density at radius 3 is 2.69 bits per heavy atom. The van der Waals surface area contributed by atoms with Crippen molar-refractivity contribution in [1.29, 1.82) is 0 Å². The van der Waals surface area contributed by atoms with E-state index in [-0.39, 0.29) is 0 Å². The third-order valence-corrected chi connectivity index (χ3v) is 3.26. The number of ether oxygens (including phenoxy) is 1. The Bertz CT molecular complexity index is 188. The lowest BCUT2D eigenvalue weighted by molar-refractivity contribution is 0.120. The maximum absolute atomic E-state index is 5.19. The first-order valence-electron chi connectivity index (χ1n) is 6.52. The van der Waals surface area contributed by atoms with Crippen LogP contribution in [0.25, 0.3) is 0 Å². The lowest BCUT2D eigenvalue weighted by Gasteiger charge is -2.33. The van der Waals surface area contributed by atoms with Crippen molar-refractivity contribution >= 4 is 0 Å². The minimum atomic E-state index is 0.322. The molecule has 16 heavy (non-hydrogen) atoms. The maximum Gasteiger partial charge on any atom is 0.0589 e. The van der Waals surface area contributed by atoms with Crippen LogP contribution in [0.3, 0.4) is 0 Å². The molecule has 0 amide bonds. The molecule has 3 heteroatoms. The summed E-state index contributed by atoms with van der Waals surface area (Å²) in [6.07, 6.45) is 2.62. The van der Waals surface area contributed by atoms with Gasteiger partial charge in [-0.25, -0.2) is 0 Å². The summed E-state index contributed by atoms with van der Waals surface area (Å²) in [5.74, 6) is 0.724. The van der Waals surface area contributed by atoms with E-state index < -0.39 is 0 Å². The van der Waals surface area contributed by atoms with Crippen molar-refractivity contribution in [2.24, 2.45) is 5.92 Å². The number of nitrogens with one attached hydrogen (secondary N) is 1. The summed E-state index contributed by atoms with van der Waals surface area (Å²) in [5.41, 5.74) is 0.322. The van der Waals surface area contributed by atoms with Gasteiger partial charge in [-0.05, 0) is 32.2 Å². The van der Waals surface area contributed by atoms with Gasteiger partial charge in [0.2, 0.25) is 0 Å². The van der Waals surface area contributed by atoms with E-state index in [1.807, 2.05) is 0 Å². The highest BCUT2D eigenvalue weighted by atomic mass is 16.5. The summed E-state index contributed by atoms with van der Waals surface area (Å²) in [7, 11) is 1.78. The first kappa shape index (κ1) is 13.9. The van der Waals surface area contributed by atoms with E-state index in [0.717, 1.165) is 25.6 Å². The van der Waals surface area contributed by atoms with E-state index in [4.69, 9.17) is 4.74 Å². The molecule has 1 fully saturated rings. The smallest absolute Gasteiger partial charge is 0.0589 e. The summed E-state index contributed by atoms with van der Waals surface area (Å²) in [6, 6.07) is 0. The van der Waals surface area contributed by atoms with E-state index in [1.54, 1.807) is 7.11 Å². The molecule has 0 aliphatic carbocycles. The van der Waals surface area contributed by atoms with Gasteiger partial charge < -0.3 is 10.1 Å². The van der Waals surface area contributed by atoms with Crippen molar-refractivity contribution in [3.8, 4) is 0 Å². The predicted molar refractivity (Wildman–Crippen MR) is 68.8 cm³/mol. The minimum Gasteiger partial charge on any atom is -0.383 e. The second kappa shape index (κ2) is 6.58. The first-order chi connectivity index (χ1) is 7.56. The van der Waals surface area contributed by atoms with Gasteiger partial charge in [0.25, 0.3) is 0 Å². The highest BCUT2D eigenvalue weighted by molar-refractivity contribution is 4.91. The topological polar surface area (TPSA) is 24.5 Å². The third-order valence-electron chi connectivity index (χ3n) is 3.26. The van der Waals surface area contributed by atoms with Gasteiger partial charge >= 0.3 is 0 Å². The molecular weight excluding hydrogens is 200 g/mol. The van der Waals surface area contributed by atoms with Crippen LogP contribution < -0.4 is 5.32 Å². The monoisotopic (exact) mass is 228 g/mol. The van der Waals surface area contributed by atoms with Crippen LogP contribution in [-0.4, -0.2) is 50.3 Å². The van der Waals surface area contributed by atoms with Crippen LogP contribution in [0.15, 0.2) is 0 Å². The van der Waals surface area contributed by atoms with E-state index in [2.05, 4.69) is 31.0 Å². The quantitative estimate of drug-likeness (QED) is 0.718. The Morgan fingerprint density at radius 1 is 1.44 bits per heavy atom. The van der Waals surface area contributed by atoms with Gasteiger partial charge in [-0.1, -0.05) is 13.8 Å². The van der Waals surface area contributed by atoms with Crippen LogP contribution in [0.4, 0.5) is 0 Å². The molecule has 1 heterocycles. The first-order valence-corrected chi connectivity index (χ1v) is 6.52. The molecule has 1 saturated heterocycles. The Balaban J connectivity index is 2.41. The van der Waals surface area contributed by atoms with Gasteiger partial charge in [0.05, 0.1) is 6.61 Å². The molecular formula is C13H28N2O. The van der Waals surface area contributed by atoms with Crippen molar-refractivity contribution in [1.82, 2.24) is 10.2 Å². The lowest BCUT2D eigenvalue weighted by atomic mass is 9.99. The summed E-state index contributed by atoms with van der Waals surface area (Å²) < 4.78 is 5.19. The fourth-order valence-electron chi connectivity index (χ4n) is 2.56. The van der Waals surface area contributed by atoms with E-state index >= 15 is 0 Å². The zero-order chi connectivity index (χ0) is 12.0. The molecule has 1 rings (SSSR count). The van der Waals surface area contributed by atoms with Crippen LogP contribution in [0.2, 0.25) is 0 Å². The molecule has 0 aromatic heterocycles. The van der Waals surface area contributed by atoms with Gasteiger partial charge in [-0.15, -0.1) is 0 Å². The second-order valence-corrected chi connectivity index (χ2v) is 5.71. The Labute approximate surface area is 101 Å². The van der Waals surface area contributed by atoms with E-state index in [0.29, 0.717) is 5.54 Å². The largest absolute Gasteiger partial charge is 0.383 e. The van der Waals surface area contributed by atoms with Gasteiger partial charge in [-0.3, -0.25) is 4.90 Å².